The molecule has 0 radical (unpaired) electrons. The molecule has 0 N–H and O–H groups in total. The Balaban J connectivity index is 2.19. The van der Waals surface area contributed by atoms with Gasteiger partial charge >= 0.3 is 0 Å². The molecular weight excluding hydrogens is 274 g/mol. The SMILES string of the molecule is Brc1ccc(-c2cn3cccnc3n2)s1. The van der Waals surface area contributed by atoms with E-state index in [9.17, 15) is 0 Å². The first-order chi connectivity index (χ1) is 7.33. The average Bonchev–Trinajstić information content (AvgIpc) is 2.82. The second-order valence-electron chi connectivity index (χ2n) is 3.06. The highest BCUT2D eigenvalue weighted by molar-refractivity contribution is 9.11. The van der Waals surface area contributed by atoms with Crippen molar-refractivity contribution in [1.29, 1.82) is 0 Å². The van der Waals surface area contributed by atoms with E-state index in [1.807, 2.05) is 28.9 Å². The van der Waals surface area contributed by atoms with Crippen molar-refractivity contribution in [2.45, 2.75) is 0 Å². The number of imidazole rings is 1. The van der Waals surface area contributed by atoms with Crippen molar-refractivity contribution >= 4 is 33.0 Å². The summed E-state index contributed by atoms with van der Waals surface area (Å²) in [5, 5.41) is 0. The Kier molecular flexibility index (Phi) is 2.07. The highest BCUT2D eigenvalue weighted by atomic mass is 79.9. The normalized spacial score (nSPS) is 11.0. The van der Waals surface area contributed by atoms with Gasteiger partial charge in [-0.2, -0.15) is 0 Å². The summed E-state index contributed by atoms with van der Waals surface area (Å²) in [5.41, 5.74) is 0.962. The Hall–Kier alpha value is -1.20. The van der Waals surface area contributed by atoms with Crippen molar-refractivity contribution < 1.29 is 0 Å². The third-order valence-electron chi connectivity index (χ3n) is 2.06. The van der Waals surface area contributed by atoms with Crippen LogP contribution in [0, 0.1) is 0 Å². The predicted molar refractivity (Wildman–Crippen MR) is 64.0 cm³/mol. The lowest BCUT2D eigenvalue weighted by atomic mass is 10.4. The molecule has 0 bridgehead atoms. The van der Waals surface area contributed by atoms with E-state index in [1.165, 1.54) is 0 Å². The van der Waals surface area contributed by atoms with Crippen LogP contribution in [0.25, 0.3) is 16.3 Å². The van der Waals surface area contributed by atoms with Gasteiger partial charge in [0.05, 0.1) is 8.66 Å². The highest BCUT2D eigenvalue weighted by Gasteiger charge is 2.06. The van der Waals surface area contributed by atoms with E-state index in [4.69, 9.17) is 0 Å². The molecule has 15 heavy (non-hydrogen) atoms. The van der Waals surface area contributed by atoms with Crippen molar-refractivity contribution in [3.8, 4) is 10.6 Å². The van der Waals surface area contributed by atoms with E-state index in [2.05, 4.69) is 32.0 Å². The van der Waals surface area contributed by atoms with Gasteiger partial charge in [-0.25, -0.2) is 9.97 Å². The van der Waals surface area contributed by atoms with E-state index in [-0.39, 0.29) is 0 Å². The smallest absolute Gasteiger partial charge is 0.234 e. The quantitative estimate of drug-likeness (QED) is 0.685. The Bertz CT molecular complexity index is 581. The van der Waals surface area contributed by atoms with Gasteiger partial charge in [-0.15, -0.1) is 11.3 Å². The molecule has 0 unspecified atom stereocenters. The second-order valence-corrected chi connectivity index (χ2v) is 5.52. The predicted octanol–water partition coefficient (Wildman–Crippen LogP) is 3.22. The van der Waals surface area contributed by atoms with Gasteiger partial charge in [-0.1, -0.05) is 0 Å². The van der Waals surface area contributed by atoms with Crippen LogP contribution in [0.4, 0.5) is 0 Å². The monoisotopic (exact) mass is 279 g/mol. The van der Waals surface area contributed by atoms with Crippen molar-refractivity contribution in [3.63, 3.8) is 0 Å². The molecule has 0 aliphatic rings. The van der Waals surface area contributed by atoms with Crippen LogP contribution in [-0.2, 0) is 0 Å². The molecule has 0 aliphatic heterocycles. The summed E-state index contributed by atoms with van der Waals surface area (Å²) in [4.78, 5) is 9.76. The summed E-state index contributed by atoms with van der Waals surface area (Å²) in [5.74, 6) is 0.733. The number of nitrogens with zero attached hydrogens (tertiary/aromatic N) is 3. The van der Waals surface area contributed by atoms with Crippen LogP contribution in [0.3, 0.4) is 0 Å². The Morgan fingerprint density at radius 1 is 1.33 bits per heavy atom. The Labute approximate surface area is 98.6 Å². The number of aromatic nitrogens is 3. The van der Waals surface area contributed by atoms with Gasteiger partial charge in [0.15, 0.2) is 0 Å². The number of halogens is 1. The van der Waals surface area contributed by atoms with Crippen molar-refractivity contribution in [1.82, 2.24) is 14.4 Å². The molecule has 3 nitrogen and oxygen atoms in total. The molecule has 0 amide bonds. The minimum absolute atomic E-state index is 0.733. The summed E-state index contributed by atoms with van der Waals surface area (Å²) >= 11 is 5.11. The van der Waals surface area contributed by atoms with Gasteiger partial charge < -0.3 is 0 Å². The zero-order chi connectivity index (χ0) is 10.3. The number of rotatable bonds is 1. The minimum atomic E-state index is 0.733. The van der Waals surface area contributed by atoms with Gasteiger partial charge in [-0.3, -0.25) is 4.40 Å². The summed E-state index contributed by atoms with van der Waals surface area (Å²) < 4.78 is 3.03. The number of hydrogen-bond donors (Lipinski definition) is 0. The number of hydrogen-bond acceptors (Lipinski definition) is 3. The zero-order valence-corrected chi connectivity index (χ0v) is 9.99. The maximum atomic E-state index is 4.44. The molecule has 3 heterocycles. The summed E-state index contributed by atoms with van der Waals surface area (Å²) in [6.07, 6.45) is 5.68. The molecule has 3 aromatic heterocycles. The fraction of sp³-hybridized carbons (Fsp3) is 0. The summed E-state index contributed by atoms with van der Waals surface area (Å²) in [6.45, 7) is 0. The molecule has 3 rings (SSSR count). The zero-order valence-electron chi connectivity index (χ0n) is 7.59. The minimum Gasteiger partial charge on any atom is -0.290 e. The molecule has 0 fully saturated rings. The first-order valence-electron chi connectivity index (χ1n) is 4.38. The lowest BCUT2D eigenvalue weighted by molar-refractivity contribution is 1.11. The van der Waals surface area contributed by atoms with Gasteiger partial charge in [-0.05, 0) is 34.1 Å². The molecule has 0 atom stereocenters. The molecule has 0 spiro atoms. The molecule has 5 heteroatoms. The highest BCUT2D eigenvalue weighted by Crippen LogP contribution is 2.30. The molecule has 0 saturated carbocycles. The molecule has 0 saturated heterocycles. The molecular formula is C10H6BrN3S. The number of fused-ring (bicyclic) bond motifs is 1. The van der Waals surface area contributed by atoms with Crippen LogP contribution in [0.1, 0.15) is 0 Å². The van der Waals surface area contributed by atoms with Crippen molar-refractivity contribution in [2.24, 2.45) is 0 Å². The first-order valence-corrected chi connectivity index (χ1v) is 5.99. The largest absolute Gasteiger partial charge is 0.290 e. The molecule has 0 aromatic carbocycles. The lowest BCUT2D eigenvalue weighted by Crippen LogP contribution is -1.82. The van der Waals surface area contributed by atoms with Gasteiger partial charge in [0, 0.05) is 18.6 Å². The maximum Gasteiger partial charge on any atom is 0.234 e. The van der Waals surface area contributed by atoms with Gasteiger partial charge in [0.1, 0.15) is 5.69 Å². The van der Waals surface area contributed by atoms with Crippen LogP contribution >= 0.6 is 27.3 Å². The van der Waals surface area contributed by atoms with Crippen LogP contribution in [0.5, 0.6) is 0 Å². The topological polar surface area (TPSA) is 30.2 Å². The fourth-order valence-electron chi connectivity index (χ4n) is 1.40. The first kappa shape index (κ1) is 9.06. The molecule has 74 valence electrons. The van der Waals surface area contributed by atoms with E-state index in [0.29, 0.717) is 0 Å². The van der Waals surface area contributed by atoms with E-state index >= 15 is 0 Å². The van der Waals surface area contributed by atoms with Crippen LogP contribution < -0.4 is 0 Å². The average molecular weight is 280 g/mol. The maximum absolute atomic E-state index is 4.44. The lowest BCUT2D eigenvalue weighted by Gasteiger charge is -1.85. The molecule has 3 aromatic rings. The van der Waals surface area contributed by atoms with E-state index in [0.717, 1.165) is 20.1 Å². The van der Waals surface area contributed by atoms with Crippen LogP contribution in [-0.4, -0.2) is 14.4 Å². The van der Waals surface area contributed by atoms with E-state index in [1.54, 1.807) is 17.5 Å². The fourth-order valence-corrected chi connectivity index (χ4v) is 2.74. The van der Waals surface area contributed by atoms with Crippen molar-refractivity contribution in [3.05, 3.63) is 40.6 Å². The standard InChI is InChI=1S/C10H6BrN3S/c11-9-3-2-8(15-9)7-6-14-5-1-4-12-10(14)13-7/h1-6H. The Morgan fingerprint density at radius 3 is 3.00 bits per heavy atom. The Morgan fingerprint density at radius 2 is 2.27 bits per heavy atom. The van der Waals surface area contributed by atoms with Crippen molar-refractivity contribution in [2.75, 3.05) is 0 Å². The second kappa shape index (κ2) is 3.43. The third-order valence-corrected chi connectivity index (χ3v) is 3.71. The number of thiophene rings is 1. The van der Waals surface area contributed by atoms with Crippen LogP contribution in [0.2, 0.25) is 0 Å². The van der Waals surface area contributed by atoms with Crippen LogP contribution in [0.15, 0.2) is 40.6 Å². The van der Waals surface area contributed by atoms with E-state index < -0.39 is 0 Å². The molecule has 0 aliphatic carbocycles. The van der Waals surface area contributed by atoms with Gasteiger partial charge in [0.2, 0.25) is 5.78 Å². The summed E-state index contributed by atoms with van der Waals surface area (Å²) in [7, 11) is 0. The van der Waals surface area contributed by atoms with Gasteiger partial charge in [0.25, 0.3) is 0 Å². The third kappa shape index (κ3) is 1.57. The summed E-state index contributed by atoms with van der Waals surface area (Å²) in [6, 6.07) is 5.97.